The first-order chi connectivity index (χ1) is 4.75. The van der Waals surface area contributed by atoms with Crippen molar-refractivity contribution >= 4 is 0 Å². The summed E-state index contributed by atoms with van der Waals surface area (Å²) in [7, 11) is 0. The molecule has 0 atom stereocenters. The van der Waals surface area contributed by atoms with Crippen LogP contribution >= 0.6 is 0 Å². The highest BCUT2D eigenvalue weighted by atomic mass is 16.5. The topological polar surface area (TPSA) is 68.6 Å². The van der Waals surface area contributed by atoms with E-state index in [0.29, 0.717) is 0 Å². The van der Waals surface area contributed by atoms with Crippen molar-refractivity contribution in [3.63, 3.8) is 0 Å². The van der Waals surface area contributed by atoms with Gasteiger partial charge in [-0.2, -0.15) is 0 Å². The first-order valence-corrected chi connectivity index (χ1v) is 2.61. The molecule has 4 heteroatoms. The maximum absolute atomic E-state index is 8.53. The zero-order valence-corrected chi connectivity index (χ0v) is 5.02. The van der Waals surface area contributed by atoms with Crippen LogP contribution < -0.4 is 0 Å². The molecule has 0 saturated carbocycles. The van der Waals surface area contributed by atoms with Crippen LogP contribution in [0.15, 0.2) is 35.4 Å². The van der Waals surface area contributed by atoms with E-state index in [1.165, 1.54) is 12.2 Å². The number of aliphatic hydroxyl groups is 2. The van der Waals surface area contributed by atoms with Gasteiger partial charge in [0.25, 0.3) is 5.95 Å². The van der Waals surface area contributed by atoms with Crippen LogP contribution in [0.3, 0.4) is 0 Å². The van der Waals surface area contributed by atoms with Crippen LogP contribution in [0.2, 0.25) is 0 Å². The van der Waals surface area contributed by atoms with Crippen LogP contribution in [0.25, 0.3) is 4.98 Å². The molecule has 0 unspecified atom stereocenters. The van der Waals surface area contributed by atoms with Crippen molar-refractivity contribution in [2.75, 3.05) is 0 Å². The van der Waals surface area contributed by atoms with Gasteiger partial charge in [0, 0.05) is 6.08 Å². The molecule has 0 aromatic rings. The molecule has 1 rings (SSSR count). The lowest BCUT2D eigenvalue weighted by Crippen LogP contribution is -1.85. The average Bonchev–Trinajstić information content (AvgIpc) is 2.33. The Labute approximate surface area is 57.0 Å². The predicted molar refractivity (Wildman–Crippen MR) is 34.6 cm³/mol. The molecule has 1 aliphatic rings. The molecule has 0 saturated heterocycles. The minimum atomic E-state index is -0.835. The summed E-state index contributed by atoms with van der Waals surface area (Å²) in [4.78, 5) is 2.81. The summed E-state index contributed by atoms with van der Waals surface area (Å²) in [5, 5.41) is 25.3. The van der Waals surface area contributed by atoms with Gasteiger partial charge in [-0.05, 0) is 6.08 Å². The quantitative estimate of drug-likeness (QED) is 0.393. The van der Waals surface area contributed by atoms with E-state index in [0.717, 1.165) is 0 Å². The third-order valence-electron chi connectivity index (χ3n) is 1.14. The molecule has 50 valence electrons. The van der Waals surface area contributed by atoms with Crippen LogP contribution in [0.4, 0.5) is 0 Å². The molecular weight excluding hydrogens is 132 g/mol. The second kappa shape index (κ2) is 2.23. The fourth-order valence-electron chi connectivity index (χ4n) is 0.687. The third kappa shape index (κ3) is 0.845. The summed E-state index contributed by atoms with van der Waals surface area (Å²) < 4.78 is 0. The van der Waals surface area contributed by atoms with E-state index in [2.05, 4.69) is 4.98 Å². The number of allylic oxidation sites excluding steroid dienone is 3. The molecule has 0 bridgehead atoms. The van der Waals surface area contributed by atoms with Gasteiger partial charge in [0.1, 0.15) is 5.57 Å². The average molecular weight is 137 g/mol. The van der Waals surface area contributed by atoms with Crippen molar-refractivity contribution < 1.29 is 10.2 Å². The van der Waals surface area contributed by atoms with Crippen LogP contribution in [-0.4, -0.2) is 10.2 Å². The number of rotatable bonds is 0. The highest BCUT2D eigenvalue weighted by Gasteiger charge is 2.22. The molecule has 4 nitrogen and oxygen atoms in total. The first kappa shape index (κ1) is 6.36. The van der Waals surface area contributed by atoms with Gasteiger partial charge < -0.3 is 10.2 Å². The lowest BCUT2D eigenvalue weighted by molar-refractivity contribution is 0.188. The van der Waals surface area contributed by atoms with Crippen molar-refractivity contribution in [3.8, 4) is 0 Å². The lowest BCUT2D eigenvalue weighted by Gasteiger charge is -1.85. The largest absolute Gasteiger partial charge is 0.480 e. The van der Waals surface area contributed by atoms with E-state index < -0.39 is 5.95 Å². The Morgan fingerprint density at radius 1 is 1.50 bits per heavy atom. The standard InChI is InChI=1S/C6H4N2O2/c7-8-5-3-1-2-4(5)6(9)10/h1-3H,(H-,9,10)/p+1. The molecular formula is C6H5N2O2+. The summed E-state index contributed by atoms with van der Waals surface area (Å²) in [5.74, 6) is -0.835. The van der Waals surface area contributed by atoms with Gasteiger partial charge in [-0.3, -0.25) is 0 Å². The highest BCUT2D eigenvalue weighted by Crippen LogP contribution is 2.20. The summed E-state index contributed by atoms with van der Waals surface area (Å²) in [6.07, 6.45) is 4.45. The Morgan fingerprint density at radius 3 is 2.60 bits per heavy atom. The Kier molecular flexibility index (Phi) is 1.42. The molecule has 2 N–H and O–H groups in total. The van der Waals surface area contributed by atoms with Gasteiger partial charge in [-0.15, -0.1) is 0 Å². The van der Waals surface area contributed by atoms with Crippen LogP contribution in [-0.2, 0) is 0 Å². The maximum Gasteiger partial charge on any atom is 0.399 e. The van der Waals surface area contributed by atoms with Crippen molar-refractivity contribution in [3.05, 3.63) is 40.4 Å². The molecule has 0 fully saturated rings. The van der Waals surface area contributed by atoms with Crippen molar-refractivity contribution in [1.82, 2.24) is 0 Å². The molecule has 0 radical (unpaired) electrons. The third-order valence-corrected chi connectivity index (χ3v) is 1.14. The summed E-state index contributed by atoms with van der Waals surface area (Å²) in [6, 6.07) is 0. The number of hydrogen-bond donors (Lipinski definition) is 2. The van der Waals surface area contributed by atoms with Crippen molar-refractivity contribution in [2.24, 2.45) is 0 Å². The van der Waals surface area contributed by atoms with Crippen LogP contribution in [0.1, 0.15) is 0 Å². The zero-order chi connectivity index (χ0) is 7.56. The monoisotopic (exact) mass is 137 g/mol. The van der Waals surface area contributed by atoms with Gasteiger partial charge >= 0.3 is 5.70 Å². The van der Waals surface area contributed by atoms with E-state index in [4.69, 9.17) is 15.6 Å². The Balaban J connectivity index is 3.07. The zero-order valence-electron chi connectivity index (χ0n) is 5.02. The van der Waals surface area contributed by atoms with Crippen LogP contribution in [0, 0.1) is 5.39 Å². The SMILES string of the molecule is N#[N+]C1=CC=CC1=C(O)O. The van der Waals surface area contributed by atoms with Crippen molar-refractivity contribution in [2.45, 2.75) is 0 Å². The fourth-order valence-corrected chi connectivity index (χ4v) is 0.687. The van der Waals surface area contributed by atoms with Crippen LogP contribution in [0.5, 0.6) is 0 Å². The summed E-state index contributed by atoms with van der Waals surface area (Å²) >= 11 is 0. The second-order valence-electron chi connectivity index (χ2n) is 1.75. The molecule has 1 aliphatic carbocycles. The molecule has 0 aromatic carbocycles. The van der Waals surface area contributed by atoms with E-state index in [1.54, 1.807) is 6.08 Å². The summed E-state index contributed by atoms with van der Waals surface area (Å²) in [6.45, 7) is 0. The summed E-state index contributed by atoms with van der Waals surface area (Å²) in [5.41, 5.74) is 0.280. The van der Waals surface area contributed by atoms with E-state index in [9.17, 15) is 0 Å². The first-order valence-electron chi connectivity index (χ1n) is 2.61. The van der Waals surface area contributed by atoms with E-state index >= 15 is 0 Å². The Hall–Kier alpha value is -1.76. The predicted octanol–water partition coefficient (Wildman–Crippen LogP) is 1.62. The molecule has 0 amide bonds. The molecule has 10 heavy (non-hydrogen) atoms. The van der Waals surface area contributed by atoms with Gasteiger partial charge in [0.05, 0.1) is 0 Å². The van der Waals surface area contributed by atoms with Crippen molar-refractivity contribution in [1.29, 1.82) is 5.39 Å². The van der Waals surface area contributed by atoms with Gasteiger partial charge in [0.15, 0.2) is 4.98 Å². The minimum absolute atomic E-state index is 0.127. The fraction of sp³-hybridized carbons (Fsp3) is 0. The minimum Gasteiger partial charge on any atom is -0.480 e. The maximum atomic E-state index is 8.53. The molecule has 0 heterocycles. The highest BCUT2D eigenvalue weighted by molar-refractivity contribution is 5.50. The van der Waals surface area contributed by atoms with Gasteiger partial charge in [-0.25, -0.2) is 0 Å². The Bertz CT molecular complexity index is 277. The number of nitrogens with zero attached hydrogens (tertiary/aromatic N) is 2. The number of aliphatic hydroxyl groups excluding tert-OH is 1. The number of diazo groups is 1. The normalized spacial score (nSPS) is 14.7. The molecule has 0 aromatic heterocycles. The smallest absolute Gasteiger partial charge is 0.399 e. The Morgan fingerprint density at radius 2 is 2.20 bits per heavy atom. The van der Waals surface area contributed by atoms with E-state index in [1.807, 2.05) is 0 Å². The second-order valence-corrected chi connectivity index (χ2v) is 1.75. The van der Waals surface area contributed by atoms with Gasteiger partial charge in [-0.1, -0.05) is 6.08 Å². The molecule has 0 spiro atoms. The number of hydrogen-bond acceptors (Lipinski definition) is 3. The van der Waals surface area contributed by atoms with Gasteiger partial charge in [0.2, 0.25) is 5.39 Å². The van der Waals surface area contributed by atoms with E-state index in [-0.39, 0.29) is 11.3 Å². The lowest BCUT2D eigenvalue weighted by atomic mass is 10.3. The molecule has 0 aliphatic heterocycles.